The van der Waals surface area contributed by atoms with Crippen molar-refractivity contribution < 1.29 is 41.0 Å². The van der Waals surface area contributed by atoms with Crippen molar-refractivity contribution in [3.05, 3.63) is 35.9 Å². The number of benzene rings is 1. The Hall–Kier alpha value is -0.258. The molecule has 10 heavy (non-hydrogen) atoms. The van der Waals surface area contributed by atoms with E-state index in [1.54, 1.807) is 30.3 Å². The van der Waals surface area contributed by atoms with Crippen LogP contribution in [0.25, 0.3) is 0 Å². The van der Waals surface area contributed by atoms with E-state index in [-0.39, 0.29) is 31.1 Å². The van der Waals surface area contributed by atoms with E-state index in [4.69, 9.17) is 5.11 Å². The summed E-state index contributed by atoms with van der Waals surface area (Å²) in [6.07, 6.45) is 0. The van der Waals surface area contributed by atoms with Crippen LogP contribution in [-0.4, -0.2) is 11.1 Å². The van der Waals surface area contributed by atoms with Crippen LogP contribution >= 0.6 is 0 Å². The minimum atomic E-state index is -0.879. The van der Waals surface area contributed by atoms with Crippen molar-refractivity contribution in [1.82, 2.24) is 0 Å². The quantitative estimate of drug-likeness (QED) is 0.822. The van der Waals surface area contributed by atoms with E-state index in [0.717, 1.165) is 0 Å². The van der Waals surface area contributed by atoms with Gasteiger partial charge in [-0.1, -0.05) is 18.2 Å². The second-order valence-corrected chi connectivity index (χ2v) is 1.67. The summed E-state index contributed by atoms with van der Waals surface area (Å²) >= 11 is 0. The molecule has 2 nitrogen and oxygen atoms in total. The van der Waals surface area contributed by atoms with E-state index in [0.29, 0.717) is 5.56 Å². The van der Waals surface area contributed by atoms with E-state index in [2.05, 4.69) is 0 Å². The van der Waals surface area contributed by atoms with Gasteiger partial charge < -0.3 is 5.11 Å². The van der Waals surface area contributed by atoms with Crippen LogP contribution in [0.4, 0.5) is 0 Å². The van der Waals surface area contributed by atoms with Crippen molar-refractivity contribution in [1.29, 1.82) is 0 Å². The molecule has 0 aliphatic heterocycles. The molecule has 0 unspecified atom stereocenters. The Kier molecular flexibility index (Phi) is 4.42. The molecule has 0 fully saturated rings. The molecular weight excluding hydrogens is 354 g/mol. The molecule has 1 aromatic carbocycles. The standard InChI is InChI=1S/C7H6O2.U/c8-7(9)6-4-2-1-3-5-6;/h1-5H,(H,8,9);. The van der Waals surface area contributed by atoms with Crippen molar-refractivity contribution >= 4 is 5.97 Å². The van der Waals surface area contributed by atoms with Gasteiger partial charge in [0.05, 0.1) is 5.56 Å². The maximum atomic E-state index is 10.2. The summed E-state index contributed by atoms with van der Waals surface area (Å²) in [5, 5.41) is 8.38. The fraction of sp³-hybridized carbons (Fsp3) is 0. The number of carbonyl (C=O) groups is 1. The number of rotatable bonds is 1. The largest absolute Gasteiger partial charge is 0.478 e. The van der Waals surface area contributed by atoms with E-state index in [1.165, 1.54) is 0 Å². The maximum Gasteiger partial charge on any atom is 0.335 e. The van der Waals surface area contributed by atoms with Crippen molar-refractivity contribution in [3.8, 4) is 0 Å². The van der Waals surface area contributed by atoms with Crippen molar-refractivity contribution in [3.63, 3.8) is 0 Å². The summed E-state index contributed by atoms with van der Waals surface area (Å²) in [4.78, 5) is 10.2. The second-order valence-electron chi connectivity index (χ2n) is 1.67. The third kappa shape index (κ3) is 2.55. The zero-order valence-corrected chi connectivity index (χ0v) is 9.41. The summed E-state index contributed by atoms with van der Waals surface area (Å²) in [6.45, 7) is 0. The van der Waals surface area contributed by atoms with Gasteiger partial charge in [0.15, 0.2) is 0 Å². The smallest absolute Gasteiger partial charge is 0.335 e. The van der Waals surface area contributed by atoms with Gasteiger partial charge in [0, 0.05) is 31.1 Å². The fourth-order valence-corrected chi connectivity index (χ4v) is 0.581. The van der Waals surface area contributed by atoms with E-state index in [9.17, 15) is 4.79 Å². The predicted molar refractivity (Wildman–Crippen MR) is 33.4 cm³/mol. The van der Waals surface area contributed by atoms with Crippen LogP contribution in [0.5, 0.6) is 0 Å². The summed E-state index contributed by atoms with van der Waals surface area (Å²) in [5.74, 6) is -0.879. The molecule has 0 bridgehead atoms. The molecule has 0 atom stereocenters. The minimum Gasteiger partial charge on any atom is -0.478 e. The SMILES string of the molecule is O=C(O)c1ccccc1.[U]. The molecule has 0 spiro atoms. The molecule has 0 heterocycles. The van der Waals surface area contributed by atoms with Gasteiger partial charge in [-0.05, 0) is 12.1 Å². The molecule has 0 saturated carbocycles. The molecule has 50 valence electrons. The molecule has 0 aliphatic rings. The predicted octanol–water partition coefficient (Wildman–Crippen LogP) is 1.38. The van der Waals surface area contributed by atoms with Crippen molar-refractivity contribution in [2.24, 2.45) is 0 Å². The maximum absolute atomic E-state index is 10.2. The summed E-state index contributed by atoms with van der Waals surface area (Å²) in [7, 11) is 0. The number of hydrogen-bond acceptors (Lipinski definition) is 1. The number of hydrogen-bond donors (Lipinski definition) is 1. The molecule has 1 rings (SSSR count). The van der Waals surface area contributed by atoms with E-state index < -0.39 is 5.97 Å². The van der Waals surface area contributed by atoms with Crippen LogP contribution in [0.2, 0.25) is 0 Å². The first-order valence-corrected chi connectivity index (χ1v) is 2.59. The third-order valence-electron chi connectivity index (χ3n) is 1.02. The van der Waals surface area contributed by atoms with Gasteiger partial charge in [-0.25, -0.2) is 4.79 Å². The van der Waals surface area contributed by atoms with Gasteiger partial charge in [-0.3, -0.25) is 0 Å². The molecule has 0 aromatic heterocycles. The molecule has 3 heteroatoms. The molecule has 0 saturated heterocycles. The minimum absolute atomic E-state index is 0. The van der Waals surface area contributed by atoms with Gasteiger partial charge in [0.1, 0.15) is 0 Å². The molecular formula is C7H6O2U. The zero-order valence-electron chi connectivity index (χ0n) is 5.24. The van der Waals surface area contributed by atoms with Crippen molar-refractivity contribution in [2.45, 2.75) is 0 Å². The Bertz CT molecular complexity index is 208. The van der Waals surface area contributed by atoms with E-state index in [1.807, 2.05) is 0 Å². The summed E-state index contributed by atoms with van der Waals surface area (Å²) in [5.41, 5.74) is 0.331. The Labute approximate surface area is 82.6 Å². The molecule has 0 amide bonds. The number of aromatic carboxylic acids is 1. The Morgan fingerprint density at radius 3 is 2.00 bits per heavy atom. The first-order chi connectivity index (χ1) is 4.30. The van der Waals surface area contributed by atoms with Crippen molar-refractivity contribution in [2.75, 3.05) is 0 Å². The van der Waals surface area contributed by atoms with Crippen LogP contribution in [-0.2, 0) is 0 Å². The topological polar surface area (TPSA) is 37.3 Å². The summed E-state index contributed by atoms with van der Waals surface area (Å²) < 4.78 is 0. The zero-order chi connectivity index (χ0) is 6.69. The van der Waals surface area contributed by atoms with E-state index >= 15 is 0 Å². The van der Waals surface area contributed by atoms with Gasteiger partial charge in [-0.2, -0.15) is 0 Å². The van der Waals surface area contributed by atoms with Crippen LogP contribution in [0.3, 0.4) is 0 Å². The molecule has 0 radical (unpaired) electrons. The average molecular weight is 360 g/mol. The third-order valence-corrected chi connectivity index (χ3v) is 1.02. The van der Waals surface area contributed by atoms with Gasteiger partial charge in [-0.15, -0.1) is 0 Å². The van der Waals surface area contributed by atoms with Gasteiger partial charge in [0.2, 0.25) is 0 Å². The van der Waals surface area contributed by atoms with Crippen LogP contribution in [0, 0.1) is 31.1 Å². The fourth-order valence-electron chi connectivity index (χ4n) is 0.581. The Balaban J connectivity index is 0.000000810. The molecule has 0 aliphatic carbocycles. The van der Waals surface area contributed by atoms with Crippen LogP contribution in [0.1, 0.15) is 10.4 Å². The monoisotopic (exact) mass is 360 g/mol. The normalized spacial score (nSPS) is 8.00. The average Bonchev–Trinajstić information content (AvgIpc) is 1.90. The first-order valence-electron chi connectivity index (χ1n) is 2.59. The Morgan fingerprint density at radius 1 is 1.20 bits per heavy atom. The van der Waals surface area contributed by atoms with Crippen LogP contribution < -0.4 is 0 Å². The van der Waals surface area contributed by atoms with Crippen LogP contribution in [0.15, 0.2) is 30.3 Å². The van der Waals surface area contributed by atoms with Gasteiger partial charge >= 0.3 is 5.97 Å². The summed E-state index contributed by atoms with van der Waals surface area (Å²) in [6, 6.07) is 8.30. The molecule has 1 N–H and O–H groups in total. The Morgan fingerprint density at radius 2 is 1.70 bits per heavy atom. The second kappa shape index (κ2) is 4.54. The molecule has 1 aromatic rings. The number of carboxylic acid groups (broad SMARTS) is 1. The van der Waals surface area contributed by atoms with Gasteiger partial charge in [0.25, 0.3) is 0 Å². The number of carboxylic acids is 1. The first kappa shape index (κ1) is 9.74.